The van der Waals surface area contributed by atoms with Crippen molar-refractivity contribution in [3.8, 4) is 5.75 Å². The second kappa shape index (κ2) is 7.36. The summed E-state index contributed by atoms with van der Waals surface area (Å²) in [4.78, 5) is 12.8. The second-order valence-electron chi connectivity index (χ2n) is 7.66. The van der Waals surface area contributed by atoms with Gasteiger partial charge in [0.15, 0.2) is 0 Å². The fourth-order valence-corrected chi connectivity index (χ4v) is 5.22. The average molecular weight is 407 g/mol. The summed E-state index contributed by atoms with van der Waals surface area (Å²) in [5.74, 6) is 1.86. The zero-order chi connectivity index (χ0) is 19.9. The Hall–Kier alpha value is -2.13. The maximum atomic E-state index is 13.1. The predicted molar refractivity (Wildman–Crippen MR) is 104 cm³/mol. The van der Waals surface area contributed by atoms with E-state index in [1.165, 1.54) is 30.3 Å². The molecule has 1 unspecified atom stereocenters. The maximum Gasteiger partial charge on any atom is 0.345 e. The van der Waals surface area contributed by atoms with Gasteiger partial charge in [0.25, 0.3) is 0 Å². The van der Waals surface area contributed by atoms with Gasteiger partial charge in [-0.3, -0.25) is 4.57 Å². The van der Waals surface area contributed by atoms with Gasteiger partial charge in [-0.05, 0) is 43.7 Å². The summed E-state index contributed by atoms with van der Waals surface area (Å²) in [6, 6.07) is 6.31. The van der Waals surface area contributed by atoms with Crippen molar-refractivity contribution in [2.75, 3.05) is 14.2 Å². The first kappa shape index (κ1) is 19.2. The fourth-order valence-electron chi connectivity index (χ4n) is 3.77. The number of benzene rings is 1. The molecule has 9 heteroatoms. The van der Waals surface area contributed by atoms with Crippen molar-refractivity contribution in [2.24, 2.45) is 5.92 Å². The summed E-state index contributed by atoms with van der Waals surface area (Å²) in [5.41, 5.74) is -0.0687. The van der Waals surface area contributed by atoms with E-state index in [2.05, 4.69) is 5.10 Å². The summed E-state index contributed by atoms with van der Waals surface area (Å²) >= 11 is 0. The van der Waals surface area contributed by atoms with Gasteiger partial charge in [-0.1, -0.05) is 6.07 Å². The van der Waals surface area contributed by atoms with Gasteiger partial charge >= 0.3 is 5.69 Å². The molecule has 1 aliphatic heterocycles. The molecule has 2 heterocycles. The smallest absolute Gasteiger partial charge is 0.345 e. The molecule has 28 heavy (non-hydrogen) atoms. The topological polar surface area (TPSA) is 86.4 Å². The number of sulfonamides is 1. The van der Waals surface area contributed by atoms with Gasteiger partial charge in [-0.15, -0.1) is 0 Å². The summed E-state index contributed by atoms with van der Waals surface area (Å²) in [7, 11) is -0.521. The number of fused-ring (bicyclic) bond motifs is 1. The molecule has 1 aliphatic carbocycles. The Labute approximate surface area is 164 Å². The first-order chi connectivity index (χ1) is 13.4. The molecule has 152 valence electrons. The fraction of sp³-hybridized carbons (Fsp3) is 0.579. The Morgan fingerprint density at radius 3 is 2.75 bits per heavy atom. The molecular weight excluding hydrogens is 380 g/mol. The molecule has 0 radical (unpaired) electrons. The lowest BCUT2D eigenvalue weighted by Gasteiger charge is -2.26. The van der Waals surface area contributed by atoms with Gasteiger partial charge in [0, 0.05) is 38.7 Å². The van der Waals surface area contributed by atoms with Crippen LogP contribution in [-0.4, -0.2) is 47.3 Å². The van der Waals surface area contributed by atoms with Crippen LogP contribution in [0.3, 0.4) is 0 Å². The van der Waals surface area contributed by atoms with E-state index in [0.29, 0.717) is 44.0 Å². The van der Waals surface area contributed by atoms with Crippen molar-refractivity contribution in [2.45, 2.75) is 56.1 Å². The summed E-state index contributed by atoms with van der Waals surface area (Å²) in [6.45, 7) is 1.19. The van der Waals surface area contributed by atoms with E-state index in [9.17, 15) is 13.2 Å². The minimum absolute atomic E-state index is 0.0687. The van der Waals surface area contributed by atoms with Gasteiger partial charge in [-0.25, -0.2) is 17.9 Å². The van der Waals surface area contributed by atoms with E-state index in [1.54, 1.807) is 34.5 Å². The van der Waals surface area contributed by atoms with Crippen LogP contribution >= 0.6 is 0 Å². The third-order valence-electron chi connectivity index (χ3n) is 5.75. The molecule has 1 fully saturated rings. The minimum Gasteiger partial charge on any atom is -0.497 e. The maximum absolute atomic E-state index is 13.1. The van der Waals surface area contributed by atoms with Crippen LogP contribution in [-0.2, 0) is 29.5 Å². The van der Waals surface area contributed by atoms with Crippen molar-refractivity contribution in [1.29, 1.82) is 0 Å². The van der Waals surface area contributed by atoms with Crippen LogP contribution in [0, 0.1) is 5.92 Å². The van der Waals surface area contributed by atoms with Crippen LogP contribution in [0.1, 0.15) is 31.5 Å². The lowest BCUT2D eigenvalue weighted by atomic mass is 10.1. The molecule has 2 aromatic rings. The van der Waals surface area contributed by atoms with E-state index in [4.69, 9.17) is 4.74 Å². The van der Waals surface area contributed by atoms with E-state index in [-0.39, 0.29) is 16.6 Å². The molecule has 0 saturated heterocycles. The Bertz CT molecular complexity index is 1020. The van der Waals surface area contributed by atoms with E-state index < -0.39 is 10.0 Å². The van der Waals surface area contributed by atoms with Crippen molar-refractivity contribution in [3.63, 3.8) is 0 Å². The zero-order valence-corrected chi connectivity index (χ0v) is 17.1. The van der Waals surface area contributed by atoms with E-state index in [1.807, 2.05) is 0 Å². The van der Waals surface area contributed by atoms with E-state index >= 15 is 0 Å². The molecule has 0 bridgehead atoms. The van der Waals surface area contributed by atoms with Gasteiger partial charge in [-0.2, -0.15) is 9.40 Å². The molecule has 4 rings (SSSR count). The molecule has 1 aromatic carbocycles. The van der Waals surface area contributed by atoms with Gasteiger partial charge in [0.1, 0.15) is 11.6 Å². The minimum atomic E-state index is -3.64. The van der Waals surface area contributed by atoms with Crippen LogP contribution in [0.4, 0.5) is 0 Å². The standard InChI is InChI=1S/C19H26N4O4S/c1-21(28(25,26)17-5-3-4-16(12-17)27-2)15-8-9-18-20-23(13-14-6-7-14)19(24)22(18)11-10-15/h3-5,12,14-15H,6-11,13H2,1-2H3. The molecule has 0 amide bonds. The molecular formula is C19H26N4O4S. The highest BCUT2D eigenvalue weighted by molar-refractivity contribution is 7.89. The third-order valence-corrected chi connectivity index (χ3v) is 7.65. The molecule has 1 saturated carbocycles. The second-order valence-corrected chi connectivity index (χ2v) is 9.65. The quantitative estimate of drug-likeness (QED) is 0.725. The van der Waals surface area contributed by atoms with Crippen molar-refractivity contribution < 1.29 is 13.2 Å². The van der Waals surface area contributed by atoms with Gasteiger partial charge < -0.3 is 4.74 Å². The van der Waals surface area contributed by atoms with Crippen LogP contribution in [0.25, 0.3) is 0 Å². The lowest BCUT2D eigenvalue weighted by molar-refractivity contribution is 0.328. The van der Waals surface area contributed by atoms with Crippen LogP contribution in [0.15, 0.2) is 34.0 Å². The number of hydrogen-bond donors (Lipinski definition) is 0. The molecule has 2 aliphatic rings. The number of aryl methyl sites for hydroxylation is 1. The number of rotatable bonds is 6. The normalized spacial score (nSPS) is 20.0. The summed E-state index contributed by atoms with van der Waals surface area (Å²) in [5, 5.41) is 4.51. The monoisotopic (exact) mass is 406 g/mol. The number of methoxy groups -OCH3 is 1. The van der Waals surface area contributed by atoms with Gasteiger partial charge in [0.2, 0.25) is 10.0 Å². The first-order valence-electron chi connectivity index (χ1n) is 9.68. The zero-order valence-electron chi connectivity index (χ0n) is 16.2. The largest absolute Gasteiger partial charge is 0.497 e. The molecule has 8 nitrogen and oxygen atoms in total. The Morgan fingerprint density at radius 1 is 1.25 bits per heavy atom. The number of hydrogen-bond acceptors (Lipinski definition) is 5. The highest BCUT2D eigenvalue weighted by Crippen LogP contribution is 2.30. The highest BCUT2D eigenvalue weighted by atomic mass is 32.2. The number of ether oxygens (including phenoxy) is 1. The lowest BCUT2D eigenvalue weighted by Crippen LogP contribution is -2.37. The van der Waals surface area contributed by atoms with Gasteiger partial charge in [0.05, 0.1) is 12.0 Å². The molecule has 1 atom stereocenters. The predicted octanol–water partition coefficient (Wildman–Crippen LogP) is 1.49. The summed E-state index contributed by atoms with van der Waals surface area (Å²) in [6.07, 6.45) is 4.16. The van der Waals surface area contributed by atoms with Crippen molar-refractivity contribution in [1.82, 2.24) is 18.7 Å². The van der Waals surface area contributed by atoms with Crippen LogP contribution in [0.5, 0.6) is 5.75 Å². The van der Waals surface area contributed by atoms with Crippen molar-refractivity contribution in [3.05, 3.63) is 40.6 Å². The van der Waals surface area contributed by atoms with Crippen LogP contribution < -0.4 is 10.4 Å². The third kappa shape index (κ3) is 3.60. The Balaban J connectivity index is 1.51. The molecule has 0 N–H and O–H groups in total. The SMILES string of the molecule is COc1cccc(S(=O)(=O)N(C)C2CCc3nn(CC4CC4)c(=O)n3CC2)c1. The van der Waals surface area contributed by atoms with E-state index in [0.717, 1.165) is 5.82 Å². The molecule has 1 aromatic heterocycles. The van der Waals surface area contributed by atoms with Crippen LogP contribution in [0.2, 0.25) is 0 Å². The Morgan fingerprint density at radius 2 is 2.04 bits per heavy atom. The number of aromatic nitrogens is 3. The Kier molecular flexibility index (Phi) is 5.05. The first-order valence-corrected chi connectivity index (χ1v) is 11.1. The number of nitrogens with zero attached hydrogens (tertiary/aromatic N) is 4. The summed E-state index contributed by atoms with van der Waals surface area (Å²) < 4.78 is 36.0. The average Bonchev–Trinajstić information content (AvgIpc) is 3.49. The van der Waals surface area contributed by atoms with Crippen molar-refractivity contribution >= 4 is 10.0 Å². The highest BCUT2D eigenvalue weighted by Gasteiger charge is 2.31. The molecule has 0 spiro atoms.